The van der Waals surface area contributed by atoms with Gasteiger partial charge in [0, 0.05) is 33.4 Å². The van der Waals surface area contributed by atoms with Crippen LogP contribution in [0.2, 0.25) is 0 Å². The Hall–Kier alpha value is -1.46. The molecule has 2 aromatic carbocycles. The lowest BCUT2D eigenvalue weighted by Gasteiger charge is -2.39. The van der Waals surface area contributed by atoms with Gasteiger partial charge in [-0.05, 0) is 35.6 Å². The summed E-state index contributed by atoms with van der Waals surface area (Å²) in [6.45, 7) is 4.17. The minimum Gasteiger partial charge on any atom is -0.383 e. The summed E-state index contributed by atoms with van der Waals surface area (Å²) in [4.78, 5) is 2.51. The molecule has 28 heavy (non-hydrogen) atoms. The maximum absolute atomic E-state index is 6.43. The molecule has 4 heteroatoms. The lowest BCUT2D eigenvalue weighted by molar-refractivity contribution is -0.0450. The average Bonchev–Trinajstić information content (AvgIpc) is 2.74. The Bertz CT molecular complexity index is 697. The van der Waals surface area contributed by atoms with Crippen LogP contribution in [0.25, 0.3) is 10.8 Å². The summed E-state index contributed by atoms with van der Waals surface area (Å²) < 4.78 is 17.1. The fraction of sp³-hybridized carbons (Fsp3) is 0.583. The number of hydrogen-bond donors (Lipinski definition) is 0. The fourth-order valence-corrected chi connectivity index (χ4v) is 4.27. The fourth-order valence-electron chi connectivity index (χ4n) is 4.27. The number of methoxy groups -OCH3 is 2. The Morgan fingerprint density at radius 3 is 2.32 bits per heavy atom. The smallest absolute Gasteiger partial charge is 0.0730 e. The summed E-state index contributed by atoms with van der Waals surface area (Å²) in [6.07, 6.45) is 6.17. The van der Waals surface area contributed by atoms with Crippen molar-refractivity contribution in [2.45, 2.75) is 44.2 Å². The first-order valence-electron chi connectivity index (χ1n) is 10.6. The summed E-state index contributed by atoms with van der Waals surface area (Å²) in [5.41, 5.74) is 1.35. The zero-order valence-electron chi connectivity index (χ0n) is 17.4. The van der Waals surface area contributed by atoms with Gasteiger partial charge in [-0.15, -0.1) is 0 Å². The summed E-state index contributed by atoms with van der Waals surface area (Å²) in [7, 11) is 3.54. The molecule has 1 saturated carbocycles. The van der Waals surface area contributed by atoms with E-state index in [4.69, 9.17) is 14.2 Å². The van der Waals surface area contributed by atoms with Gasteiger partial charge in [-0.1, -0.05) is 55.3 Å². The van der Waals surface area contributed by atoms with Crippen molar-refractivity contribution in [3.63, 3.8) is 0 Å². The molecule has 2 atom stereocenters. The number of benzene rings is 2. The minimum atomic E-state index is 0.308. The molecule has 0 heterocycles. The zero-order valence-corrected chi connectivity index (χ0v) is 17.4. The Morgan fingerprint density at radius 2 is 1.57 bits per heavy atom. The molecule has 0 bridgehead atoms. The largest absolute Gasteiger partial charge is 0.383 e. The van der Waals surface area contributed by atoms with Crippen LogP contribution in [-0.4, -0.2) is 64.2 Å². The van der Waals surface area contributed by atoms with E-state index in [1.54, 1.807) is 14.2 Å². The van der Waals surface area contributed by atoms with E-state index in [0.717, 1.165) is 45.8 Å². The van der Waals surface area contributed by atoms with Crippen LogP contribution in [0.15, 0.2) is 42.5 Å². The van der Waals surface area contributed by atoms with Crippen LogP contribution in [0.5, 0.6) is 0 Å². The lowest BCUT2D eigenvalue weighted by Crippen LogP contribution is -2.49. The number of rotatable bonds is 11. The number of ether oxygens (including phenoxy) is 3. The molecular formula is C24H35NO3. The quantitative estimate of drug-likeness (QED) is 0.577. The van der Waals surface area contributed by atoms with E-state index in [1.807, 2.05) is 0 Å². The number of nitrogens with zero attached hydrogens (tertiary/aromatic N) is 1. The second kappa shape index (κ2) is 11.5. The van der Waals surface area contributed by atoms with Gasteiger partial charge in [-0.25, -0.2) is 0 Å². The highest BCUT2D eigenvalue weighted by Crippen LogP contribution is 2.26. The lowest BCUT2D eigenvalue weighted by atomic mass is 9.91. The van der Waals surface area contributed by atoms with Gasteiger partial charge in [0.15, 0.2) is 0 Å². The highest BCUT2D eigenvalue weighted by Gasteiger charge is 2.30. The second-order valence-electron chi connectivity index (χ2n) is 7.71. The molecule has 0 N–H and O–H groups in total. The first kappa shape index (κ1) is 21.3. The van der Waals surface area contributed by atoms with Gasteiger partial charge < -0.3 is 14.2 Å². The average molecular weight is 386 g/mol. The third-order valence-corrected chi connectivity index (χ3v) is 5.84. The second-order valence-corrected chi connectivity index (χ2v) is 7.71. The Kier molecular flexibility index (Phi) is 8.74. The van der Waals surface area contributed by atoms with Crippen LogP contribution in [0, 0.1) is 0 Å². The molecule has 0 radical (unpaired) electrons. The highest BCUT2D eigenvalue weighted by atomic mass is 16.5. The van der Waals surface area contributed by atoms with Crippen molar-refractivity contribution in [2.75, 3.05) is 47.1 Å². The van der Waals surface area contributed by atoms with Crippen molar-refractivity contribution in [2.24, 2.45) is 0 Å². The Balaban J connectivity index is 1.56. The van der Waals surface area contributed by atoms with E-state index < -0.39 is 0 Å². The van der Waals surface area contributed by atoms with E-state index >= 15 is 0 Å². The topological polar surface area (TPSA) is 30.9 Å². The molecular weight excluding hydrogens is 350 g/mol. The molecule has 3 rings (SSSR count). The van der Waals surface area contributed by atoms with Gasteiger partial charge in [-0.3, -0.25) is 4.90 Å². The van der Waals surface area contributed by atoms with Crippen LogP contribution in [0.3, 0.4) is 0 Å². The molecule has 4 nitrogen and oxygen atoms in total. The van der Waals surface area contributed by atoms with Crippen LogP contribution in [-0.2, 0) is 20.6 Å². The van der Waals surface area contributed by atoms with Gasteiger partial charge in [0.05, 0.1) is 25.9 Å². The van der Waals surface area contributed by atoms with Crippen LogP contribution in [0.4, 0.5) is 0 Å². The normalized spacial score (nSPS) is 20.1. The molecule has 0 amide bonds. The predicted octanol–water partition coefficient (Wildman–Crippen LogP) is 4.30. The van der Waals surface area contributed by atoms with Crippen molar-refractivity contribution in [1.29, 1.82) is 0 Å². The maximum Gasteiger partial charge on any atom is 0.0730 e. The van der Waals surface area contributed by atoms with Crippen LogP contribution >= 0.6 is 0 Å². The molecule has 0 aliphatic heterocycles. The first-order valence-corrected chi connectivity index (χ1v) is 10.6. The molecule has 1 fully saturated rings. The van der Waals surface area contributed by atoms with Gasteiger partial charge in [0.25, 0.3) is 0 Å². The molecule has 1 aliphatic carbocycles. The summed E-state index contributed by atoms with van der Waals surface area (Å²) in [5, 5.41) is 2.60. The van der Waals surface area contributed by atoms with E-state index in [-0.39, 0.29) is 0 Å². The molecule has 0 saturated heterocycles. The molecule has 0 spiro atoms. The van der Waals surface area contributed by atoms with Crippen molar-refractivity contribution >= 4 is 10.8 Å². The van der Waals surface area contributed by atoms with Gasteiger partial charge >= 0.3 is 0 Å². The van der Waals surface area contributed by atoms with Crippen LogP contribution < -0.4 is 0 Å². The number of fused-ring (bicyclic) bond motifs is 1. The van der Waals surface area contributed by atoms with Gasteiger partial charge in [0.2, 0.25) is 0 Å². The van der Waals surface area contributed by atoms with E-state index in [1.165, 1.54) is 35.6 Å². The van der Waals surface area contributed by atoms with E-state index in [0.29, 0.717) is 12.1 Å². The monoisotopic (exact) mass is 385 g/mol. The maximum atomic E-state index is 6.43. The minimum absolute atomic E-state index is 0.308. The third kappa shape index (κ3) is 6.02. The molecule has 2 aromatic rings. The van der Waals surface area contributed by atoms with Gasteiger partial charge in [-0.2, -0.15) is 0 Å². The Labute approximate surface area is 169 Å². The zero-order chi connectivity index (χ0) is 19.6. The summed E-state index contributed by atoms with van der Waals surface area (Å²) in [5.74, 6) is 0. The predicted molar refractivity (Wildman–Crippen MR) is 115 cm³/mol. The standard InChI is InChI=1S/C24H35NO3/c1-26-17-14-25(15-18-27-2)23-9-5-6-10-24(23)28-16-13-20-11-12-21-7-3-4-8-22(21)19-20/h3-4,7-8,11-12,19,23-24H,5-6,9-10,13-18H2,1-2H3. The van der Waals surface area contributed by atoms with E-state index in [2.05, 4.69) is 47.4 Å². The highest BCUT2D eigenvalue weighted by molar-refractivity contribution is 5.82. The summed E-state index contributed by atoms with van der Waals surface area (Å²) >= 11 is 0. The van der Waals surface area contributed by atoms with Gasteiger partial charge in [0.1, 0.15) is 0 Å². The third-order valence-electron chi connectivity index (χ3n) is 5.84. The Morgan fingerprint density at radius 1 is 0.857 bits per heavy atom. The van der Waals surface area contributed by atoms with Crippen molar-refractivity contribution in [3.05, 3.63) is 48.0 Å². The summed E-state index contributed by atoms with van der Waals surface area (Å²) in [6, 6.07) is 15.7. The molecule has 1 aliphatic rings. The number of hydrogen-bond acceptors (Lipinski definition) is 4. The SMILES string of the molecule is COCCN(CCOC)C1CCCCC1OCCc1ccc2ccccc2c1. The van der Waals surface area contributed by atoms with Crippen molar-refractivity contribution in [1.82, 2.24) is 4.90 Å². The molecule has 0 aromatic heterocycles. The van der Waals surface area contributed by atoms with E-state index in [9.17, 15) is 0 Å². The van der Waals surface area contributed by atoms with Crippen molar-refractivity contribution in [3.8, 4) is 0 Å². The van der Waals surface area contributed by atoms with Crippen molar-refractivity contribution < 1.29 is 14.2 Å². The first-order chi connectivity index (χ1) is 13.8. The molecule has 154 valence electrons. The van der Waals surface area contributed by atoms with Crippen LogP contribution in [0.1, 0.15) is 31.2 Å². The molecule has 2 unspecified atom stereocenters.